The number of hydrogen-bond acceptors (Lipinski definition) is 2. The average Bonchev–Trinajstić information content (AvgIpc) is 2.52. The lowest BCUT2D eigenvalue weighted by Crippen LogP contribution is -1.99. The van der Waals surface area contributed by atoms with Crippen LogP contribution < -0.4 is 0 Å². The normalized spacial score (nSPS) is 10.6. The van der Waals surface area contributed by atoms with Gasteiger partial charge in [0.15, 0.2) is 5.82 Å². The van der Waals surface area contributed by atoms with Crippen LogP contribution >= 0.6 is 0 Å². The summed E-state index contributed by atoms with van der Waals surface area (Å²) >= 11 is 0. The third-order valence-corrected chi connectivity index (χ3v) is 3.54. The van der Waals surface area contributed by atoms with E-state index in [0.717, 1.165) is 28.1 Å². The second-order valence-electron chi connectivity index (χ2n) is 4.98. The lowest BCUT2D eigenvalue weighted by Gasteiger charge is -2.10. The van der Waals surface area contributed by atoms with Gasteiger partial charge in [-0.05, 0) is 43.7 Å². The van der Waals surface area contributed by atoms with E-state index in [-0.39, 0.29) is 5.82 Å². The fourth-order valence-corrected chi connectivity index (χ4v) is 2.23. The first-order valence-corrected chi connectivity index (χ1v) is 6.82. The predicted molar refractivity (Wildman–Crippen MR) is 82.3 cm³/mol. The van der Waals surface area contributed by atoms with Crippen LogP contribution in [0.4, 0.5) is 4.39 Å². The number of rotatable bonds is 2. The van der Waals surface area contributed by atoms with E-state index >= 15 is 0 Å². The Hall–Kier alpha value is -2.55. The Kier molecular flexibility index (Phi) is 3.48. The largest absolute Gasteiger partial charge is 0.233 e. The van der Waals surface area contributed by atoms with Gasteiger partial charge in [0.25, 0.3) is 0 Å². The molecule has 0 atom stereocenters. The van der Waals surface area contributed by atoms with E-state index in [9.17, 15) is 4.39 Å². The number of aromatic nitrogens is 2. The lowest BCUT2D eigenvalue weighted by molar-refractivity contribution is 0.628. The molecule has 104 valence electrons. The van der Waals surface area contributed by atoms with Gasteiger partial charge in [-0.2, -0.15) is 0 Å². The number of aryl methyl sites for hydroxylation is 1. The zero-order chi connectivity index (χ0) is 14.8. The van der Waals surface area contributed by atoms with Crippen molar-refractivity contribution in [3.8, 4) is 22.6 Å². The van der Waals surface area contributed by atoms with Gasteiger partial charge in [0.05, 0.1) is 5.69 Å². The average molecular weight is 278 g/mol. The number of halogens is 1. The highest BCUT2D eigenvalue weighted by Crippen LogP contribution is 2.26. The maximum atomic E-state index is 13.1. The first-order valence-electron chi connectivity index (χ1n) is 6.82. The third kappa shape index (κ3) is 2.68. The molecule has 21 heavy (non-hydrogen) atoms. The molecule has 0 aliphatic carbocycles. The standard InChI is InChI=1S/C18H15FN2/c1-12-13(2)20-18(15-6-4-3-5-7-15)21-17(12)14-8-10-16(19)11-9-14/h3-11H,1-2H3. The predicted octanol–water partition coefficient (Wildman–Crippen LogP) is 4.57. The molecular formula is C18H15FN2. The molecule has 0 bridgehead atoms. The fraction of sp³-hybridized carbons (Fsp3) is 0.111. The van der Waals surface area contributed by atoms with Crippen LogP contribution in [0.5, 0.6) is 0 Å². The number of hydrogen-bond donors (Lipinski definition) is 0. The van der Waals surface area contributed by atoms with Gasteiger partial charge in [-0.1, -0.05) is 30.3 Å². The van der Waals surface area contributed by atoms with E-state index in [1.807, 2.05) is 44.2 Å². The second-order valence-corrected chi connectivity index (χ2v) is 4.98. The summed E-state index contributed by atoms with van der Waals surface area (Å²) in [6, 6.07) is 16.3. The Morgan fingerprint density at radius 3 is 2.10 bits per heavy atom. The molecule has 0 radical (unpaired) electrons. The fourth-order valence-electron chi connectivity index (χ4n) is 2.23. The van der Waals surface area contributed by atoms with Gasteiger partial charge in [-0.15, -0.1) is 0 Å². The van der Waals surface area contributed by atoms with Crippen molar-refractivity contribution >= 4 is 0 Å². The van der Waals surface area contributed by atoms with Crippen molar-refractivity contribution in [1.29, 1.82) is 0 Å². The molecule has 0 unspecified atom stereocenters. The minimum atomic E-state index is -0.245. The van der Waals surface area contributed by atoms with Crippen LogP contribution in [-0.2, 0) is 0 Å². The van der Waals surface area contributed by atoms with E-state index in [2.05, 4.69) is 9.97 Å². The molecule has 0 saturated carbocycles. The van der Waals surface area contributed by atoms with E-state index < -0.39 is 0 Å². The number of benzene rings is 2. The van der Waals surface area contributed by atoms with Crippen molar-refractivity contribution < 1.29 is 4.39 Å². The van der Waals surface area contributed by atoms with Crippen molar-refractivity contribution in [2.45, 2.75) is 13.8 Å². The molecule has 0 fully saturated rings. The molecule has 2 nitrogen and oxygen atoms in total. The highest BCUT2D eigenvalue weighted by Gasteiger charge is 2.11. The molecule has 0 aliphatic rings. The Labute approximate surface area is 123 Å². The highest BCUT2D eigenvalue weighted by molar-refractivity contribution is 5.67. The van der Waals surface area contributed by atoms with Gasteiger partial charge in [-0.25, -0.2) is 14.4 Å². The highest BCUT2D eigenvalue weighted by atomic mass is 19.1. The summed E-state index contributed by atoms with van der Waals surface area (Å²) in [5, 5.41) is 0. The SMILES string of the molecule is Cc1nc(-c2ccccc2)nc(-c2ccc(F)cc2)c1C. The van der Waals surface area contributed by atoms with Crippen LogP contribution in [0.2, 0.25) is 0 Å². The van der Waals surface area contributed by atoms with Gasteiger partial charge < -0.3 is 0 Å². The minimum absolute atomic E-state index is 0.245. The van der Waals surface area contributed by atoms with Crippen molar-refractivity contribution in [3.05, 3.63) is 71.7 Å². The van der Waals surface area contributed by atoms with Crippen LogP contribution in [0.1, 0.15) is 11.3 Å². The molecule has 0 aliphatic heterocycles. The van der Waals surface area contributed by atoms with E-state index in [1.165, 1.54) is 12.1 Å². The Morgan fingerprint density at radius 2 is 1.43 bits per heavy atom. The third-order valence-electron chi connectivity index (χ3n) is 3.54. The molecule has 3 heteroatoms. The number of nitrogens with zero attached hydrogens (tertiary/aromatic N) is 2. The van der Waals surface area contributed by atoms with E-state index in [1.54, 1.807) is 12.1 Å². The summed E-state index contributed by atoms with van der Waals surface area (Å²) in [6.45, 7) is 3.96. The van der Waals surface area contributed by atoms with Crippen LogP contribution in [0, 0.1) is 19.7 Å². The maximum absolute atomic E-state index is 13.1. The van der Waals surface area contributed by atoms with Crippen LogP contribution in [0.25, 0.3) is 22.6 Å². The molecule has 2 aromatic carbocycles. The van der Waals surface area contributed by atoms with Gasteiger partial charge in [0.2, 0.25) is 0 Å². The summed E-state index contributed by atoms with van der Waals surface area (Å²) in [5.74, 6) is 0.448. The first kappa shape index (κ1) is 13.4. The topological polar surface area (TPSA) is 25.8 Å². The molecular weight excluding hydrogens is 263 g/mol. The summed E-state index contributed by atoms with van der Waals surface area (Å²) in [5.41, 5.74) is 4.67. The van der Waals surface area contributed by atoms with Crippen LogP contribution in [-0.4, -0.2) is 9.97 Å². The molecule has 0 spiro atoms. The van der Waals surface area contributed by atoms with Crippen molar-refractivity contribution in [2.75, 3.05) is 0 Å². The summed E-state index contributed by atoms with van der Waals surface area (Å²) in [6.07, 6.45) is 0. The van der Waals surface area contributed by atoms with Crippen molar-refractivity contribution in [2.24, 2.45) is 0 Å². The van der Waals surface area contributed by atoms with E-state index in [0.29, 0.717) is 5.82 Å². The zero-order valence-corrected chi connectivity index (χ0v) is 12.0. The Morgan fingerprint density at radius 1 is 0.762 bits per heavy atom. The monoisotopic (exact) mass is 278 g/mol. The zero-order valence-electron chi connectivity index (χ0n) is 12.0. The Bertz CT molecular complexity index is 765. The molecule has 0 N–H and O–H groups in total. The lowest BCUT2D eigenvalue weighted by atomic mass is 10.0. The molecule has 1 aromatic heterocycles. The molecule has 1 heterocycles. The van der Waals surface area contributed by atoms with Gasteiger partial charge in [0, 0.05) is 16.8 Å². The maximum Gasteiger partial charge on any atom is 0.160 e. The molecule has 3 rings (SSSR count). The van der Waals surface area contributed by atoms with Gasteiger partial charge in [0.1, 0.15) is 5.82 Å². The second kappa shape index (κ2) is 5.44. The van der Waals surface area contributed by atoms with Crippen molar-refractivity contribution in [3.63, 3.8) is 0 Å². The van der Waals surface area contributed by atoms with Crippen LogP contribution in [0.3, 0.4) is 0 Å². The quantitative estimate of drug-likeness (QED) is 0.686. The smallest absolute Gasteiger partial charge is 0.160 e. The molecule has 0 amide bonds. The van der Waals surface area contributed by atoms with E-state index in [4.69, 9.17) is 0 Å². The van der Waals surface area contributed by atoms with Gasteiger partial charge in [-0.3, -0.25) is 0 Å². The summed E-state index contributed by atoms with van der Waals surface area (Å²) in [7, 11) is 0. The first-order chi connectivity index (χ1) is 10.1. The minimum Gasteiger partial charge on any atom is -0.233 e. The summed E-state index contributed by atoms with van der Waals surface area (Å²) < 4.78 is 13.1. The molecule has 0 saturated heterocycles. The van der Waals surface area contributed by atoms with Crippen molar-refractivity contribution in [1.82, 2.24) is 9.97 Å². The van der Waals surface area contributed by atoms with Gasteiger partial charge >= 0.3 is 0 Å². The Balaban J connectivity index is 2.17. The summed E-state index contributed by atoms with van der Waals surface area (Å²) in [4.78, 5) is 9.23. The van der Waals surface area contributed by atoms with Crippen LogP contribution in [0.15, 0.2) is 54.6 Å². The molecule has 3 aromatic rings.